The van der Waals surface area contributed by atoms with Gasteiger partial charge in [-0.3, -0.25) is 19.3 Å². The van der Waals surface area contributed by atoms with Crippen molar-refractivity contribution >= 4 is 58.2 Å². The number of benzene rings is 2. The van der Waals surface area contributed by atoms with Gasteiger partial charge in [-0.1, -0.05) is 46.0 Å². The number of carbonyl (C=O) groups is 3. The van der Waals surface area contributed by atoms with Crippen LogP contribution in [0.4, 0.5) is 13.2 Å². The fourth-order valence-electron chi connectivity index (χ4n) is 3.83. The van der Waals surface area contributed by atoms with Crippen molar-refractivity contribution in [1.29, 1.82) is 0 Å². The highest BCUT2D eigenvalue weighted by Crippen LogP contribution is 2.49. The van der Waals surface area contributed by atoms with Gasteiger partial charge >= 0.3 is 6.18 Å². The minimum absolute atomic E-state index is 0.000206. The second kappa shape index (κ2) is 9.00. The van der Waals surface area contributed by atoms with Crippen molar-refractivity contribution in [2.75, 3.05) is 7.05 Å². The van der Waals surface area contributed by atoms with Crippen LogP contribution in [0.1, 0.15) is 34.3 Å². The number of carbonyl (C=O) groups excluding carboxylic acids is 3. The van der Waals surface area contributed by atoms with Gasteiger partial charge in [-0.25, -0.2) is 0 Å². The second-order valence-electron chi connectivity index (χ2n) is 8.00. The van der Waals surface area contributed by atoms with Crippen molar-refractivity contribution < 1.29 is 32.4 Å². The topological polar surface area (TPSA) is 88.1 Å². The minimum atomic E-state index is -4.87. The highest BCUT2D eigenvalue weighted by molar-refractivity contribution is 6.35. The van der Waals surface area contributed by atoms with E-state index in [1.807, 2.05) is 0 Å². The zero-order valence-corrected chi connectivity index (χ0v) is 20.0. The van der Waals surface area contributed by atoms with E-state index in [1.165, 1.54) is 31.3 Å². The van der Waals surface area contributed by atoms with E-state index >= 15 is 0 Å². The summed E-state index contributed by atoms with van der Waals surface area (Å²) in [6.45, 7) is 0. The van der Waals surface area contributed by atoms with Crippen LogP contribution in [-0.2, 0) is 20.0 Å². The van der Waals surface area contributed by atoms with Crippen LogP contribution in [-0.4, -0.2) is 47.6 Å². The first-order valence-electron chi connectivity index (χ1n) is 10.0. The number of nitrogens with one attached hydrogen (secondary N) is 1. The van der Waals surface area contributed by atoms with Crippen molar-refractivity contribution in [3.8, 4) is 0 Å². The minimum Gasteiger partial charge on any atom is -0.374 e. The lowest BCUT2D eigenvalue weighted by Gasteiger charge is -2.29. The molecule has 2 atom stereocenters. The lowest BCUT2D eigenvalue weighted by Crippen LogP contribution is -2.42. The van der Waals surface area contributed by atoms with Crippen molar-refractivity contribution in [2.24, 2.45) is 5.16 Å². The molecule has 7 nitrogen and oxygen atoms in total. The fourth-order valence-corrected chi connectivity index (χ4v) is 4.62. The Balaban J connectivity index is 1.57. The third kappa shape index (κ3) is 4.57. The maximum absolute atomic E-state index is 14.2. The molecule has 3 amide bonds. The lowest BCUT2D eigenvalue weighted by atomic mass is 9.86. The van der Waals surface area contributed by atoms with Crippen LogP contribution in [0.25, 0.3) is 0 Å². The van der Waals surface area contributed by atoms with E-state index in [-0.39, 0.29) is 43.9 Å². The summed E-state index contributed by atoms with van der Waals surface area (Å²) in [7, 11) is 1.31. The van der Waals surface area contributed by atoms with Gasteiger partial charge in [0.15, 0.2) is 0 Å². The first kappa shape index (κ1) is 25.3. The summed E-state index contributed by atoms with van der Waals surface area (Å²) >= 11 is 18.0. The molecule has 184 valence electrons. The van der Waals surface area contributed by atoms with Gasteiger partial charge in [0.05, 0.1) is 22.7 Å². The molecule has 0 bridgehead atoms. The molecule has 0 radical (unpaired) electrons. The van der Waals surface area contributed by atoms with Gasteiger partial charge in [0.25, 0.3) is 17.4 Å². The van der Waals surface area contributed by atoms with Crippen LogP contribution in [0.2, 0.25) is 15.1 Å². The normalized spacial score (nSPS) is 22.3. The summed E-state index contributed by atoms with van der Waals surface area (Å²) in [4.78, 5) is 42.1. The van der Waals surface area contributed by atoms with Crippen molar-refractivity contribution in [2.45, 2.75) is 30.7 Å². The Morgan fingerprint density at radius 1 is 1.14 bits per heavy atom. The third-order valence-corrected chi connectivity index (χ3v) is 6.50. The molecule has 0 saturated carbocycles. The van der Waals surface area contributed by atoms with E-state index in [1.54, 1.807) is 0 Å². The molecule has 1 saturated heterocycles. The lowest BCUT2D eigenvalue weighted by molar-refractivity contribution is -0.275. The van der Waals surface area contributed by atoms with Gasteiger partial charge in [0.1, 0.15) is 6.04 Å². The Morgan fingerprint density at radius 3 is 2.34 bits per heavy atom. The monoisotopic (exact) mass is 547 g/mol. The van der Waals surface area contributed by atoms with Gasteiger partial charge in [-0.2, -0.15) is 13.2 Å². The number of nitrogens with zero attached hydrogens (tertiary/aromatic N) is 2. The second-order valence-corrected chi connectivity index (χ2v) is 9.28. The molecule has 2 aromatic carbocycles. The van der Waals surface area contributed by atoms with Crippen LogP contribution < -0.4 is 5.32 Å². The molecular weight excluding hydrogens is 534 g/mol. The summed E-state index contributed by atoms with van der Waals surface area (Å²) in [6.07, 6.45) is -5.74. The van der Waals surface area contributed by atoms with Gasteiger partial charge in [0.2, 0.25) is 5.91 Å². The van der Waals surface area contributed by atoms with Crippen LogP contribution in [0.15, 0.2) is 41.6 Å². The number of halogens is 6. The Hall–Kier alpha value is -2.82. The van der Waals surface area contributed by atoms with Crippen LogP contribution >= 0.6 is 34.8 Å². The molecule has 35 heavy (non-hydrogen) atoms. The van der Waals surface area contributed by atoms with Gasteiger partial charge in [-0.15, -0.1) is 0 Å². The number of oxime groups is 1. The standard InChI is InChI=1S/C22H15Cl3F3N3O4/c1-31-18(32)8-16(20(31)34)29-19(33)14-3-2-10(4-15(14)25)17-9-21(35-30-17,22(26,27)28)11-5-12(23)7-13(24)6-11/h2-7,16H,8-9H2,1H3,(H,29,33). The number of alkyl halides is 3. The molecule has 2 heterocycles. The SMILES string of the molecule is CN1C(=O)CC(NC(=O)c2ccc(C3=NOC(c4cc(Cl)cc(Cl)c4)(C(F)(F)F)C3)cc2Cl)C1=O. The van der Waals surface area contributed by atoms with Crippen LogP contribution in [0, 0.1) is 0 Å². The molecule has 0 aliphatic carbocycles. The quantitative estimate of drug-likeness (QED) is 0.561. The van der Waals surface area contributed by atoms with E-state index in [0.717, 1.165) is 17.0 Å². The molecule has 2 aliphatic heterocycles. The highest BCUT2D eigenvalue weighted by Gasteiger charge is 2.62. The summed E-state index contributed by atoms with van der Waals surface area (Å²) in [5.74, 6) is -1.71. The van der Waals surface area contributed by atoms with Crippen LogP contribution in [0.3, 0.4) is 0 Å². The summed E-state index contributed by atoms with van der Waals surface area (Å²) in [5.41, 5.74) is -3.04. The van der Waals surface area contributed by atoms with Crippen molar-refractivity contribution in [1.82, 2.24) is 10.2 Å². The van der Waals surface area contributed by atoms with E-state index in [4.69, 9.17) is 39.6 Å². The van der Waals surface area contributed by atoms with E-state index in [0.29, 0.717) is 0 Å². The summed E-state index contributed by atoms with van der Waals surface area (Å²) in [5, 5.41) is 5.99. The summed E-state index contributed by atoms with van der Waals surface area (Å²) in [6, 6.07) is 6.38. The van der Waals surface area contributed by atoms with Gasteiger partial charge in [0, 0.05) is 34.6 Å². The van der Waals surface area contributed by atoms with Gasteiger partial charge in [-0.05, 0) is 30.3 Å². The maximum atomic E-state index is 14.2. The number of imide groups is 1. The van der Waals surface area contributed by atoms with Crippen LogP contribution in [0.5, 0.6) is 0 Å². The van der Waals surface area contributed by atoms with Crippen molar-refractivity contribution in [3.05, 3.63) is 68.2 Å². The van der Waals surface area contributed by atoms with E-state index in [9.17, 15) is 27.6 Å². The fraction of sp³-hybridized carbons (Fsp3) is 0.273. The Labute approximate surface area is 211 Å². The largest absolute Gasteiger partial charge is 0.435 e. The Bertz CT molecular complexity index is 1260. The number of hydrogen-bond acceptors (Lipinski definition) is 5. The first-order valence-corrected chi connectivity index (χ1v) is 11.2. The molecule has 0 spiro atoms. The number of hydrogen-bond donors (Lipinski definition) is 1. The summed E-state index contributed by atoms with van der Waals surface area (Å²) < 4.78 is 42.5. The molecule has 0 aromatic heterocycles. The molecule has 1 N–H and O–H groups in total. The number of likely N-dealkylation sites (N-methyl/N-ethyl adjacent to an activating group) is 1. The zero-order chi connectivity index (χ0) is 25.7. The maximum Gasteiger partial charge on any atom is 0.435 e. The molecule has 1 fully saturated rings. The van der Waals surface area contributed by atoms with Crippen molar-refractivity contribution in [3.63, 3.8) is 0 Å². The molecule has 2 aliphatic rings. The molecule has 2 aromatic rings. The number of rotatable bonds is 4. The Kier molecular flexibility index (Phi) is 6.50. The average Bonchev–Trinajstić information content (AvgIpc) is 3.32. The predicted molar refractivity (Wildman–Crippen MR) is 122 cm³/mol. The number of likely N-dealkylation sites (tertiary alicyclic amines) is 1. The molecular formula is C22H15Cl3F3N3O4. The third-order valence-electron chi connectivity index (χ3n) is 5.75. The smallest absolute Gasteiger partial charge is 0.374 e. The molecule has 4 rings (SSSR count). The predicted octanol–water partition coefficient (Wildman–Crippen LogP) is 4.72. The Morgan fingerprint density at radius 2 is 1.80 bits per heavy atom. The van der Waals surface area contributed by atoms with Gasteiger partial charge < -0.3 is 10.2 Å². The number of amides is 3. The average molecular weight is 549 g/mol. The van der Waals surface area contributed by atoms with E-state index in [2.05, 4.69) is 10.5 Å². The highest BCUT2D eigenvalue weighted by atomic mass is 35.5. The van der Waals surface area contributed by atoms with E-state index < -0.39 is 42.0 Å². The zero-order valence-electron chi connectivity index (χ0n) is 17.8. The first-order chi connectivity index (χ1) is 16.3. The molecule has 2 unspecified atom stereocenters. The molecule has 13 heteroatoms.